The Balaban J connectivity index is 2.78. The molecule has 1 amide bonds. The molecule has 1 atom stereocenters. The molecule has 0 saturated carbocycles. The van der Waals surface area contributed by atoms with Gasteiger partial charge in [0.15, 0.2) is 0 Å². The first kappa shape index (κ1) is 13.0. The number of hydrogen-bond donors (Lipinski definition) is 1. The molecule has 0 saturated heterocycles. The molecule has 90 valence electrons. The molecule has 0 radical (unpaired) electrons. The first-order chi connectivity index (χ1) is 8.05. The molecule has 0 aliphatic rings. The summed E-state index contributed by atoms with van der Waals surface area (Å²) in [6.45, 7) is 3.45. The highest BCUT2D eigenvalue weighted by Gasteiger charge is 2.31. The number of anilines is 1. The number of rotatable bonds is 4. The third kappa shape index (κ3) is 2.97. The minimum absolute atomic E-state index is 0.285. The van der Waals surface area contributed by atoms with Crippen LogP contribution in [-0.4, -0.2) is 13.0 Å². The minimum Gasteiger partial charge on any atom is -0.497 e. The van der Waals surface area contributed by atoms with Gasteiger partial charge in [0.25, 0.3) is 0 Å². The van der Waals surface area contributed by atoms with Gasteiger partial charge in [0.1, 0.15) is 11.2 Å². The van der Waals surface area contributed by atoms with E-state index >= 15 is 0 Å². The summed E-state index contributed by atoms with van der Waals surface area (Å²) in [4.78, 5) is 11.9. The summed E-state index contributed by atoms with van der Waals surface area (Å²) < 4.78 is 5.02. The Bertz CT molecular complexity index is 434. The zero-order valence-corrected chi connectivity index (χ0v) is 10.3. The molecule has 1 rings (SSSR count). The number of nitrogens with one attached hydrogen (secondary N) is 1. The third-order valence-corrected chi connectivity index (χ3v) is 2.80. The highest BCUT2D eigenvalue weighted by molar-refractivity contribution is 5.96. The molecule has 1 aromatic rings. The fourth-order valence-electron chi connectivity index (χ4n) is 1.23. The number of amides is 1. The average molecular weight is 232 g/mol. The molecule has 0 fully saturated rings. The van der Waals surface area contributed by atoms with Gasteiger partial charge in [-0.3, -0.25) is 4.79 Å². The van der Waals surface area contributed by atoms with E-state index in [0.29, 0.717) is 12.1 Å². The van der Waals surface area contributed by atoms with Crippen molar-refractivity contribution in [3.63, 3.8) is 0 Å². The van der Waals surface area contributed by atoms with Gasteiger partial charge in [-0.15, -0.1) is 0 Å². The van der Waals surface area contributed by atoms with Crippen molar-refractivity contribution in [3.8, 4) is 11.8 Å². The molecule has 1 N–H and O–H groups in total. The van der Waals surface area contributed by atoms with Gasteiger partial charge in [0.05, 0.1) is 13.2 Å². The Kier molecular flexibility index (Phi) is 4.11. The van der Waals surface area contributed by atoms with Gasteiger partial charge >= 0.3 is 0 Å². The number of carbonyl (C=O) groups excluding carboxylic acids is 1. The molecule has 1 unspecified atom stereocenters. The van der Waals surface area contributed by atoms with Crippen LogP contribution in [0.25, 0.3) is 0 Å². The van der Waals surface area contributed by atoms with E-state index in [1.807, 2.05) is 13.0 Å². The van der Waals surface area contributed by atoms with Crippen molar-refractivity contribution in [2.24, 2.45) is 5.41 Å². The second kappa shape index (κ2) is 5.35. The molecule has 0 spiro atoms. The molecule has 0 aliphatic heterocycles. The van der Waals surface area contributed by atoms with E-state index in [1.54, 1.807) is 38.3 Å². The standard InChI is InChI=1S/C13H16N2O2/c1-4-13(2,9-14)12(16)15-10-5-7-11(17-3)8-6-10/h5-8H,4H2,1-3H3,(H,15,16). The minimum atomic E-state index is -0.986. The van der Waals surface area contributed by atoms with Crippen molar-refractivity contribution in [1.82, 2.24) is 0 Å². The van der Waals surface area contributed by atoms with Crippen LogP contribution in [0.1, 0.15) is 20.3 Å². The molecular weight excluding hydrogens is 216 g/mol. The largest absolute Gasteiger partial charge is 0.497 e. The van der Waals surface area contributed by atoms with Crippen LogP contribution in [-0.2, 0) is 4.79 Å². The lowest BCUT2D eigenvalue weighted by atomic mass is 9.88. The number of nitriles is 1. The van der Waals surface area contributed by atoms with Gasteiger partial charge < -0.3 is 10.1 Å². The van der Waals surface area contributed by atoms with Crippen molar-refractivity contribution >= 4 is 11.6 Å². The Morgan fingerprint density at radius 3 is 2.47 bits per heavy atom. The van der Waals surface area contributed by atoms with E-state index in [0.717, 1.165) is 5.75 Å². The summed E-state index contributed by atoms with van der Waals surface area (Å²) in [6, 6.07) is 9.02. The Morgan fingerprint density at radius 1 is 1.47 bits per heavy atom. The predicted octanol–water partition coefficient (Wildman–Crippen LogP) is 2.57. The summed E-state index contributed by atoms with van der Waals surface area (Å²) in [6.07, 6.45) is 0.478. The van der Waals surface area contributed by atoms with Crippen molar-refractivity contribution < 1.29 is 9.53 Å². The van der Waals surface area contributed by atoms with E-state index in [1.165, 1.54) is 0 Å². The topological polar surface area (TPSA) is 62.1 Å². The lowest BCUT2D eigenvalue weighted by molar-refractivity contribution is -0.122. The average Bonchev–Trinajstić information content (AvgIpc) is 2.38. The highest BCUT2D eigenvalue weighted by Crippen LogP contribution is 2.23. The van der Waals surface area contributed by atoms with Crippen LogP contribution in [0, 0.1) is 16.7 Å². The fourth-order valence-corrected chi connectivity index (χ4v) is 1.23. The molecule has 0 aliphatic carbocycles. The Morgan fingerprint density at radius 2 is 2.06 bits per heavy atom. The molecule has 0 heterocycles. The van der Waals surface area contributed by atoms with E-state index < -0.39 is 5.41 Å². The Hall–Kier alpha value is -2.02. The summed E-state index contributed by atoms with van der Waals surface area (Å²) in [5, 5.41) is 11.7. The predicted molar refractivity (Wildman–Crippen MR) is 65.6 cm³/mol. The normalized spacial score (nSPS) is 13.3. The smallest absolute Gasteiger partial charge is 0.244 e. The van der Waals surface area contributed by atoms with Gasteiger partial charge in [-0.05, 0) is 37.6 Å². The molecule has 4 nitrogen and oxygen atoms in total. The molecule has 0 aromatic heterocycles. The first-order valence-electron chi connectivity index (χ1n) is 5.42. The number of ether oxygens (including phenoxy) is 1. The molecule has 1 aromatic carbocycles. The van der Waals surface area contributed by atoms with E-state index in [2.05, 4.69) is 5.32 Å². The van der Waals surface area contributed by atoms with Gasteiger partial charge in [0.2, 0.25) is 5.91 Å². The highest BCUT2D eigenvalue weighted by atomic mass is 16.5. The van der Waals surface area contributed by atoms with Crippen LogP contribution in [0.2, 0.25) is 0 Å². The fraction of sp³-hybridized carbons (Fsp3) is 0.385. The quantitative estimate of drug-likeness (QED) is 0.867. The lowest BCUT2D eigenvalue weighted by Crippen LogP contribution is -2.31. The molecule has 4 heteroatoms. The number of nitrogens with zero attached hydrogens (tertiary/aromatic N) is 1. The van der Waals surface area contributed by atoms with Crippen molar-refractivity contribution in [3.05, 3.63) is 24.3 Å². The Labute approximate surface area is 101 Å². The lowest BCUT2D eigenvalue weighted by Gasteiger charge is -2.18. The van der Waals surface area contributed by atoms with Crippen LogP contribution in [0.4, 0.5) is 5.69 Å². The zero-order chi connectivity index (χ0) is 12.9. The summed E-state index contributed by atoms with van der Waals surface area (Å²) >= 11 is 0. The molecule has 0 bridgehead atoms. The number of benzene rings is 1. The third-order valence-electron chi connectivity index (χ3n) is 2.80. The second-order valence-corrected chi connectivity index (χ2v) is 3.98. The van der Waals surface area contributed by atoms with Gasteiger partial charge in [-0.25, -0.2) is 0 Å². The summed E-state index contributed by atoms with van der Waals surface area (Å²) in [7, 11) is 1.58. The van der Waals surface area contributed by atoms with Crippen molar-refractivity contribution in [1.29, 1.82) is 5.26 Å². The first-order valence-corrected chi connectivity index (χ1v) is 5.42. The van der Waals surface area contributed by atoms with Crippen molar-refractivity contribution in [2.75, 3.05) is 12.4 Å². The van der Waals surface area contributed by atoms with Gasteiger partial charge in [0, 0.05) is 5.69 Å². The number of hydrogen-bond acceptors (Lipinski definition) is 3. The molecular formula is C13H16N2O2. The monoisotopic (exact) mass is 232 g/mol. The maximum absolute atomic E-state index is 11.9. The maximum Gasteiger partial charge on any atom is 0.244 e. The van der Waals surface area contributed by atoms with E-state index in [-0.39, 0.29) is 5.91 Å². The van der Waals surface area contributed by atoms with Gasteiger partial charge in [-0.1, -0.05) is 6.92 Å². The zero-order valence-electron chi connectivity index (χ0n) is 10.3. The number of carbonyl (C=O) groups is 1. The van der Waals surface area contributed by atoms with Crippen LogP contribution in [0.3, 0.4) is 0 Å². The van der Waals surface area contributed by atoms with Crippen LogP contribution in [0.15, 0.2) is 24.3 Å². The van der Waals surface area contributed by atoms with E-state index in [4.69, 9.17) is 10.00 Å². The SMILES string of the molecule is CCC(C)(C#N)C(=O)Nc1ccc(OC)cc1. The van der Waals surface area contributed by atoms with Crippen molar-refractivity contribution in [2.45, 2.75) is 20.3 Å². The number of methoxy groups -OCH3 is 1. The maximum atomic E-state index is 11.9. The van der Waals surface area contributed by atoms with Crippen LogP contribution >= 0.6 is 0 Å². The van der Waals surface area contributed by atoms with Crippen LogP contribution < -0.4 is 10.1 Å². The van der Waals surface area contributed by atoms with Gasteiger partial charge in [-0.2, -0.15) is 5.26 Å². The summed E-state index contributed by atoms with van der Waals surface area (Å²) in [5.41, 5.74) is -0.328. The second-order valence-electron chi connectivity index (χ2n) is 3.98. The summed E-state index contributed by atoms with van der Waals surface area (Å²) in [5.74, 6) is 0.439. The molecule has 17 heavy (non-hydrogen) atoms. The van der Waals surface area contributed by atoms with Crippen LogP contribution in [0.5, 0.6) is 5.75 Å². The van der Waals surface area contributed by atoms with E-state index in [9.17, 15) is 4.79 Å².